The molecular formula is C14H19N3O2. The lowest BCUT2D eigenvalue weighted by Gasteiger charge is -2.23. The molecule has 0 bridgehead atoms. The topological polar surface area (TPSA) is 74.2 Å². The fraction of sp³-hybridized carbons (Fsp3) is 0.429. The van der Waals surface area contributed by atoms with Gasteiger partial charge < -0.3 is 15.0 Å². The van der Waals surface area contributed by atoms with Crippen LogP contribution in [0.1, 0.15) is 32.7 Å². The second-order valence-electron chi connectivity index (χ2n) is 5.50. The highest BCUT2D eigenvalue weighted by atomic mass is 16.5. The lowest BCUT2D eigenvalue weighted by Crippen LogP contribution is -2.26. The van der Waals surface area contributed by atoms with E-state index in [4.69, 9.17) is 15.0 Å². The molecule has 0 fully saturated rings. The Bertz CT molecular complexity index is 558. The lowest BCUT2D eigenvalue weighted by molar-refractivity contribution is 0.253. The number of ether oxygens (including phenoxy) is 1. The zero-order chi connectivity index (χ0) is 14.0. The fourth-order valence-electron chi connectivity index (χ4n) is 1.67. The number of hydrogen-bond donors (Lipinski definition) is 1. The van der Waals surface area contributed by atoms with Crippen molar-refractivity contribution < 1.29 is 9.26 Å². The van der Waals surface area contributed by atoms with Gasteiger partial charge >= 0.3 is 0 Å². The van der Waals surface area contributed by atoms with Crippen LogP contribution >= 0.6 is 0 Å². The van der Waals surface area contributed by atoms with Crippen molar-refractivity contribution in [3.8, 4) is 17.1 Å². The van der Waals surface area contributed by atoms with Gasteiger partial charge in [0.05, 0.1) is 18.7 Å². The number of aromatic nitrogens is 2. The summed E-state index contributed by atoms with van der Waals surface area (Å²) in [5.41, 5.74) is 6.76. The van der Waals surface area contributed by atoms with Gasteiger partial charge in [-0.3, -0.25) is 0 Å². The minimum Gasteiger partial charge on any atom is -0.496 e. The summed E-state index contributed by atoms with van der Waals surface area (Å²) in [6.45, 7) is 6.10. The zero-order valence-electron chi connectivity index (χ0n) is 11.7. The van der Waals surface area contributed by atoms with Gasteiger partial charge in [0, 0.05) is 0 Å². The summed E-state index contributed by atoms with van der Waals surface area (Å²) in [6.07, 6.45) is 0. The number of nitrogens with zero attached hydrogens (tertiary/aromatic N) is 2. The van der Waals surface area contributed by atoms with Crippen molar-refractivity contribution in [3.05, 3.63) is 30.2 Å². The van der Waals surface area contributed by atoms with Crippen molar-refractivity contribution >= 4 is 0 Å². The average molecular weight is 261 g/mol. The lowest BCUT2D eigenvalue weighted by atomic mass is 9.87. The molecule has 1 heterocycles. The van der Waals surface area contributed by atoms with Gasteiger partial charge in [-0.1, -0.05) is 38.1 Å². The van der Waals surface area contributed by atoms with Crippen LogP contribution < -0.4 is 10.5 Å². The van der Waals surface area contributed by atoms with Gasteiger partial charge in [-0.15, -0.1) is 0 Å². The van der Waals surface area contributed by atoms with E-state index < -0.39 is 0 Å². The molecule has 0 saturated carbocycles. The van der Waals surface area contributed by atoms with Gasteiger partial charge in [-0.25, -0.2) is 0 Å². The van der Waals surface area contributed by atoms with Crippen molar-refractivity contribution in [2.75, 3.05) is 7.11 Å². The number of methoxy groups -OCH3 is 1. The molecular weight excluding hydrogens is 242 g/mol. The molecule has 0 saturated heterocycles. The summed E-state index contributed by atoms with van der Waals surface area (Å²) in [4.78, 5) is 4.37. The van der Waals surface area contributed by atoms with E-state index in [1.807, 2.05) is 45.0 Å². The molecule has 2 rings (SSSR count). The summed E-state index contributed by atoms with van der Waals surface area (Å²) in [5.74, 6) is 1.64. The number of hydrogen-bond acceptors (Lipinski definition) is 5. The number of benzene rings is 1. The minimum atomic E-state index is -0.302. The van der Waals surface area contributed by atoms with Gasteiger partial charge in [0.1, 0.15) is 5.75 Å². The highest BCUT2D eigenvalue weighted by Gasteiger charge is 2.28. The SMILES string of the molecule is COc1ccccc1-c1noc([C@@H](N)C(C)(C)C)n1. The molecule has 0 radical (unpaired) electrons. The Hall–Kier alpha value is -1.88. The van der Waals surface area contributed by atoms with Crippen LogP contribution in [0, 0.1) is 5.41 Å². The number of para-hydroxylation sites is 1. The fourth-order valence-corrected chi connectivity index (χ4v) is 1.67. The Kier molecular flexibility index (Phi) is 3.57. The van der Waals surface area contributed by atoms with Gasteiger partial charge in [-0.05, 0) is 17.5 Å². The third kappa shape index (κ3) is 2.76. The standard InChI is InChI=1S/C14H19N3O2/c1-14(2,3)11(15)13-16-12(17-19-13)9-7-5-6-8-10(9)18-4/h5-8,11H,15H2,1-4H3/t11-/m1/s1. The Morgan fingerprint density at radius 1 is 1.26 bits per heavy atom. The molecule has 19 heavy (non-hydrogen) atoms. The normalized spacial score (nSPS) is 13.3. The maximum Gasteiger partial charge on any atom is 0.244 e. The predicted molar refractivity (Wildman–Crippen MR) is 72.7 cm³/mol. The first-order valence-corrected chi connectivity index (χ1v) is 6.16. The van der Waals surface area contributed by atoms with Crippen LogP contribution in [0.3, 0.4) is 0 Å². The molecule has 0 amide bonds. The molecule has 0 spiro atoms. The second kappa shape index (κ2) is 5.01. The first kappa shape index (κ1) is 13.5. The van der Waals surface area contributed by atoms with E-state index in [1.54, 1.807) is 7.11 Å². The number of nitrogens with two attached hydrogens (primary N) is 1. The maximum atomic E-state index is 6.11. The van der Waals surface area contributed by atoms with Crippen molar-refractivity contribution in [2.45, 2.75) is 26.8 Å². The van der Waals surface area contributed by atoms with Crippen LogP contribution in [-0.4, -0.2) is 17.3 Å². The molecule has 5 nitrogen and oxygen atoms in total. The highest BCUT2D eigenvalue weighted by molar-refractivity contribution is 5.63. The van der Waals surface area contributed by atoms with Crippen molar-refractivity contribution in [2.24, 2.45) is 11.1 Å². The minimum absolute atomic E-state index is 0.134. The van der Waals surface area contributed by atoms with E-state index >= 15 is 0 Å². The smallest absolute Gasteiger partial charge is 0.244 e. The maximum absolute atomic E-state index is 6.11. The highest BCUT2D eigenvalue weighted by Crippen LogP contribution is 2.32. The zero-order valence-corrected chi connectivity index (χ0v) is 11.7. The first-order valence-electron chi connectivity index (χ1n) is 6.16. The van der Waals surface area contributed by atoms with Crippen LogP contribution in [0.25, 0.3) is 11.4 Å². The van der Waals surface area contributed by atoms with E-state index in [1.165, 1.54) is 0 Å². The monoisotopic (exact) mass is 261 g/mol. The molecule has 0 aliphatic rings. The summed E-state index contributed by atoms with van der Waals surface area (Å²) in [5, 5.41) is 3.98. The summed E-state index contributed by atoms with van der Waals surface area (Å²) in [6, 6.07) is 7.23. The third-order valence-corrected chi connectivity index (χ3v) is 2.99. The Morgan fingerprint density at radius 2 is 1.95 bits per heavy atom. The largest absolute Gasteiger partial charge is 0.496 e. The summed E-state index contributed by atoms with van der Waals surface area (Å²) >= 11 is 0. The molecule has 2 N–H and O–H groups in total. The van der Waals surface area contributed by atoms with Gasteiger partial charge in [0.2, 0.25) is 11.7 Å². The number of rotatable bonds is 3. The van der Waals surface area contributed by atoms with Gasteiger partial charge in [0.15, 0.2) is 0 Å². The molecule has 1 aromatic heterocycles. The van der Waals surface area contributed by atoms with E-state index in [2.05, 4.69) is 10.1 Å². The molecule has 2 aromatic rings. The van der Waals surface area contributed by atoms with Crippen LogP contribution in [0.4, 0.5) is 0 Å². The van der Waals surface area contributed by atoms with Crippen LogP contribution in [0.15, 0.2) is 28.8 Å². The van der Waals surface area contributed by atoms with Crippen molar-refractivity contribution in [1.29, 1.82) is 0 Å². The Morgan fingerprint density at radius 3 is 2.58 bits per heavy atom. The first-order chi connectivity index (χ1) is 8.93. The average Bonchev–Trinajstić information content (AvgIpc) is 2.86. The molecule has 102 valence electrons. The Balaban J connectivity index is 2.36. The summed E-state index contributed by atoms with van der Waals surface area (Å²) in [7, 11) is 1.61. The van der Waals surface area contributed by atoms with Gasteiger partial charge in [-0.2, -0.15) is 4.98 Å². The summed E-state index contributed by atoms with van der Waals surface area (Å²) < 4.78 is 10.5. The molecule has 1 aromatic carbocycles. The molecule has 1 atom stereocenters. The van der Waals surface area contributed by atoms with Crippen molar-refractivity contribution in [3.63, 3.8) is 0 Å². The van der Waals surface area contributed by atoms with E-state index in [0.29, 0.717) is 17.5 Å². The molecule has 0 aliphatic carbocycles. The molecule has 5 heteroatoms. The van der Waals surface area contributed by atoms with E-state index in [0.717, 1.165) is 5.56 Å². The Labute approximate surface area is 112 Å². The second-order valence-corrected chi connectivity index (χ2v) is 5.50. The van der Waals surface area contributed by atoms with E-state index in [9.17, 15) is 0 Å². The van der Waals surface area contributed by atoms with Crippen LogP contribution in [-0.2, 0) is 0 Å². The third-order valence-electron chi connectivity index (χ3n) is 2.99. The van der Waals surface area contributed by atoms with Crippen LogP contribution in [0.2, 0.25) is 0 Å². The van der Waals surface area contributed by atoms with Crippen LogP contribution in [0.5, 0.6) is 5.75 Å². The van der Waals surface area contributed by atoms with E-state index in [-0.39, 0.29) is 11.5 Å². The molecule has 0 aliphatic heterocycles. The van der Waals surface area contributed by atoms with Gasteiger partial charge in [0.25, 0.3) is 0 Å². The quantitative estimate of drug-likeness (QED) is 0.919. The predicted octanol–water partition coefficient (Wildman–Crippen LogP) is 2.79. The molecule has 0 unspecified atom stereocenters. The van der Waals surface area contributed by atoms with Crippen molar-refractivity contribution in [1.82, 2.24) is 10.1 Å².